The zero-order valence-electron chi connectivity index (χ0n) is 19.8. The van der Waals surface area contributed by atoms with Crippen LogP contribution in [0.3, 0.4) is 0 Å². The van der Waals surface area contributed by atoms with Gasteiger partial charge < -0.3 is 4.40 Å². The van der Waals surface area contributed by atoms with Crippen molar-refractivity contribution in [3.05, 3.63) is 117 Å². The smallest absolute Gasteiger partial charge is 0.303 e. The van der Waals surface area contributed by atoms with E-state index < -0.39 is 0 Å². The molecular formula is C29H24N4O2. The lowest BCUT2D eigenvalue weighted by Gasteiger charge is -2.12. The van der Waals surface area contributed by atoms with Crippen molar-refractivity contribution in [3.63, 3.8) is 0 Å². The molecule has 6 rings (SSSR count). The molecule has 172 valence electrons. The fourth-order valence-corrected chi connectivity index (χ4v) is 5.01. The van der Waals surface area contributed by atoms with Gasteiger partial charge in [-0.3, -0.25) is 13.9 Å². The highest BCUT2D eigenvalue weighted by atomic mass is 16.2. The first-order valence-corrected chi connectivity index (χ1v) is 11.6. The third-order valence-corrected chi connectivity index (χ3v) is 6.76. The Morgan fingerprint density at radius 2 is 1.46 bits per heavy atom. The van der Waals surface area contributed by atoms with Crippen LogP contribution in [-0.4, -0.2) is 18.5 Å². The molecule has 0 aliphatic rings. The number of fused-ring (bicyclic) bond motifs is 5. The predicted octanol–water partition coefficient (Wildman–Crippen LogP) is 4.60. The van der Waals surface area contributed by atoms with Gasteiger partial charge in [-0.15, -0.1) is 0 Å². The number of nitrogens with zero attached hydrogens (tertiary/aromatic N) is 4. The van der Waals surface area contributed by atoms with E-state index in [-0.39, 0.29) is 11.2 Å². The average molecular weight is 461 g/mol. The predicted molar refractivity (Wildman–Crippen MR) is 140 cm³/mol. The topological polar surface area (TPSA) is 61.3 Å². The molecule has 0 saturated heterocycles. The van der Waals surface area contributed by atoms with E-state index in [9.17, 15) is 9.59 Å². The standard InChI is InChI=1S/C29H24N4O2/c1-18-13-15-20(16-14-18)25-24-27(31(2)29(35)32(3)28(24)34)26-22(17-19-9-5-4-6-10-19)30-21-11-7-8-12-23(21)33(25)26/h4-16H,17H2,1-3H3. The van der Waals surface area contributed by atoms with E-state index in [1.807, 2.05) is 73.7 Å². The van der Waals surface area contributed by atoms with Gasteiger partial charge in [-0.05, 0) is 30.2 Å². The second-order valence-electron chi connectivity index (χ2n) is 9.04. The minimum Gasteiger partial charge on any atom is -0.303 e. The van der Waals surface area contributed by atoms with Crippen LogP contribution in [0.15, 0.2) is 88.5 Å². The molecule has 0 aliphatic heterocycles. The summed E-state index contributed by atoms with van der Waals surface area (Å²) < 4.78 is 4.89. The van der Waals surface area contributed by atoms with E-state index in [2.05, 4.69) is 16.5 Å². The van der Waals surface area contributed by atoms with Crippen LogP contribution in [0.2, 0.25) is 0 Å². The van der Waals surface area contributed by atoms with E-state index in [4.69, 9.17) is 4.98 Å². The minimum atomic E-state index is -0.357. The SMILES string of the molecule is Cc1ccc(-c2c3c(=O)n(C)c(=O)n(C)c3c3c(Cc4ccccc4)nc4ccccc4n23)cc1. The van der Waals surface area contributed by atoms with Crippen LogP contribution >= 0.6 is 0 Å². The van der Waals surface area contributed by atoms with Crippen LogP contribution in [0.25, 0.3) is 38.7 Å². The number of hydrogen-bond donors (Lipinski definition) is 0. The van der Waals surface area contributed by atoms with Gasteiger partial charge in [0.05, 0.1) is 38.8 Å². The highest BCUT2D eigenvalue weighted by molar-refractivity contribution is 6.07. The molecule has 3 aromatic carbocycles. The van der Waals surface area contributed by atoms with Crippen molar-refractivity contribution < 1.29 is 0 Å². The summed E-state index contributed by atoms with van der Waals surface area (Å²) in [5, 5.41) is 0.519. The molecule has 0 radical (unpaired) electrons. The molecule has 0 aliphatic carbocycles. The van der Waals surface area contributed by atoms with Crippen molar-refractivity contribution in [1.29, 1.82) is 0 Å². The monoisotopic (exact) mass is 460 g/mol. The van der Waals surface area contributed by atoms with Crippen LogP contribution in [0.4, 0.5) is 0 Å². The van der Waals surface area contributed by atoms with Crippen molar-refractivity contribution in [3.8, 4) is 11.3 Å². The number of aryl methyl sites for hydroxylation is 2. The maximum Gasteiger partial charge on any atom is 0.331 e. The Hall–Kier alpha value is -4.45. The molecule has 0 atom stereocenters. The van der Waals surface area contributed by atoms with E-state index in [0.29, 0.717) is 17.3 Å². The Morgan fingerprint density at radius 3 is 2.20 bits per heavy atom. The molecule has 3 heterocycles. The Morgan fingerprint density at radius 1 is 0.771 bits per heavy atom. The lowest BCUT2D eigenvalue weighted by molar-refractivity contribution is 0.715. The second-order valence-corrected chi connectivity index (χ2v) is 9.04. The lowest BCUT2D eigenvalue weighted by atomic mass is 10.1. The molecule has 0 fully saturated rings. The van der Waals surface area contributed by atoms with Crippen LogP contribution in [0.5, 0.6) is 0 Å². The number of aromatic nitrogens is 4. The van der Waals surface area contributed by atoms with E-state index in [1.54, 1.807) is 11.6 Å². The first-order chi connectivity index (χ1) is 17.0. The quantitative estimate of drug-likeness (QED) is 0.388. The zero-order chi connectivity index (χ0) is 24.3. The van der Waals surface area contributed by atoms with E-state index in [0.717, 1.165) is 44.6 Å². The van der Waals surface area contributed by atoms with Gasteiger partial charge in [0.2, 0.25) is 0 Å². The van der Waals surface area contributed by atoms with Gasteiger partial charge in [-0.25, -0.2) is 9.78 Å². The minimum absolute atomic E-state index is 0.308. The molecule has 35 heavy (non-hydrogen) atoms. The maximum atomic E-state index is 13.7. The van der Waals surface area contributed by atoms with Crippen molar-refractivity contribution in [1.82, 2.24) is 18.5 Å². The maximum absolute atomic E-state index is 13.7. The number of rotatable bonds is 3. The Kier molecular flexibility index (Phi) is 4.71. The molecular weight excluding hydrogens is 436 g/mol. The highest BCUT2D eigenvalue weighted by Crippen LogP contribution is 2.36. The van der Waals surface area contributed by atoms with E-state index in [1.165, 1.54) is 11.6 Å². The molecule has 0 spiro atoms. The van der Waals surface area contributed by atoms with Gasteiger partial charge in [0.15, 0.2) is 0 Å². The largest absolute Gasteiger partial charge is 0.331 e. The molecule has 6 aromatic rings. The summed E-state index contributed by atoms with van der Waals surface area (Å²) in [6, 6.07) is 26.2. The van der Waals surface area contributed by atoms with Crippen molar-refractivity contribution in [2.75, 3.05) is 0 Å². The molecule has 0 bridgehead atoms. The van der Waals surface area contributed by atoms with Crippen molar-refractivity contribution >= 4 is 27.5 Å². The molecule has 0 unspecified atom stereocenters. The zero-order valence-corrected chi connectivity index (χ0v) is 19.8. The number of hydrogen-bond acceptors (Lipinski definition) is 3. The second kappa shape index (κ2) is 7.81. The fourth-order valence-electron chi connectivity index (χ4n) is 5.01. The van der Waals surface area contributed by atoms with Crippen LogP contribution in [-0.2, 0) is 20.5 Å². The highest BCUT2D eigenvalue weighted by Gasteiger charge is 2.25. The van der Waals surface area contributed by atoms with Gasteiger partial charge in [0, 0.05) is 20.5 Å². The average Bonchev–Trinajstić information content (AvgIpc) is 3.24. The van der Waals surface area contributed by atoms with Crippen LogP contribution in [0.1, 0.15) is 16.8 Å². The number of para-hydroxylation sites is 2. The lowest BCUT2D eigenvalue weighted by Crippen LogP contribution is -2.36. The van der Waals surface area contributed by atoms with Gasteiger partial charge in [-0.2, -0.15) is 0 Å². The Balaban J connectivity index is 1.91. The molecule has 0 N–H and O–H groups in total. The summed E-state index contributed by atoms with van der Waals surface area (Å²) in [6.45, 7) is 2.04. The van der Waals surface area contributed by atoms with Crippen LogP contribution in [0, 0.1) is 6.92 Å². The van der Waals surface area contributed by atoms with Gasteiger partial charge in [0.25, 0.3) is 5.56 Å². The molecule has 6 heteroatoms. The summed E-state index contributed by atoms with van der Waals surface area (Å²) in [7, 11) is 3.26. The summed E-state index contributed by atoms with van der Waals surface area (Å²) in [5.74, 6) is 0. The van der Waals surface area contributed by atoms with Gasteiger partial charge in [0.1, 0.15) is 0 Å². The Labute approximate surface area is 201 Å². The third kappa shape index (κ3) is 3.14. The van der Waals surface area contributed by atoms with E-state index >= 15 is 0 Å². The molecule has 0 amide bonds. The molecule has 0 saturated carbocycles. The summed E-state index contributed by atoms with van der Waals surface area (Å²) in [4.78, 5) is 31.8. The first kappa shape index (κ1) is 21.1. The first-order valence-electron chi connectivity index (χ1n) is 11.6. The van der Waals surface area contributed by atoms with Gasteiger partial charge in [-0.1, -0.05) is 72.3 Å². The molecule has 3 aromatic heterocycles. The summed E-state index contributed by atoms with van der Waals surface area (Å²) in [6.07, 6.45) is 0.574. The van der Waals surface area contributed by atoms with Crippen molar-refractivity contribution in [2.24, 2.45) is 14.1 Å². The third-order valence-electron chi connectivity index (χ3n) is 6.76. The number of benzene rings is 3. The summed E-state index contributed by atoms with van der Waals surface area (Å²) >= 11 is 0. The molecule has 6 nitrogen and oxygen atoms in total. The van der Waals surface area contributed by atoms with Crippen molar-refractivity contribution in [2.45, 2.75) is 13.3 Å². The fraction of sp³-hybridized carbons (Fsp3) is 0.138. The Bertz CT molecular complexity index is 1880. The van der Waals surface area contributed by atoms with Gasteiger partial charge >= 0.3 is 5.69 Å². The normalized spacial score (nSPS) is 11.6. The summed E-state index contributed by atoms with van der Waals surface area (Å²) in [5.41, 5.74) is 7.21. The van der Waals surface area contributed by atoms with Crippen LogP contribution < -0.4 is 11.2 Å².